The minimum absolute atomic E-state index is 0.0680. The van der Waals surface area contributed by atoms with Crippen molar-refractivity contribution in [2.24, 2.45) is 10.2 Å². The highest BCUT2D eigenvalue weighted by Crippen LogP contribution is 2.24. The summed E-state index contributed by atoms with van der Waals surface area (Å²) < 4.78 is 0. The molecule has 4 rings (SSSR count). The molecule has 3 aromatic rings. The Kier molecular flexibility index (Phi) is 5.26. The smallest absolute Gasteiger partial charge is 0.269 e. The van der Waals surface area contributed by atoms with E-state index in [4.69, 9.17) is 0 Å². The number of hydrazine groups is 2. The fourth-order valence-corrected chi connectivity index (χ4v) is 2.81. The Hall–Kier alpha value is -4.04. The fraction of sp³-hybridized carbons (Fsp3) is 0.0476. The van der Waals surface area contributed by atoms with Gasteiger partial charge >= 0.3 is 0 Å². The van der Waals surface area contributed by atoms with Crippen LogP contribution in [0.3, 0.4) is 0 Å². The highest BCUT2D eigenvalue weighted by molar-refractivity contribution is 5.57. The first-order valence-electron chi connectivity index (χ1n) is 9.00. The van der Waals surface area contributed by atoms with E-state index in [1.54, 1.807) is 12.1 Å². The molecule has 144 valence electrons. The van der Waals surface area contributed by atoms with E-state index in [-0.39, 0.29) is 5.69 Å². The molecule has 29 heavy (non-hydrogen) atoms. The largest absolute Gasteiger partial charge is 0.287 e. The Balaban J connectivity index is 1.44. The summed E-state index contributed by atoms with van der Waals surface area (Å²) in [5.74, 6) is 0. The number of hydrogen-bond acceptors (Lipinski definition) is 7. The summed E-state index contributed by atoms with van der Waals surface area (Å²) in [6, 6.07) is 23.7. The molecule has 3 aromatic carbocycles. The molecule has 0 bridgehead atoms. The van der Waals surface area contributed by atoms with Crippen LogP contribution in [0.4, 0.5) is 28.4 Å². The molecule has 0 amide bonds. The molecule has 1 aliphatic heterocycles. The molecule has 0 atom stereocenters. The van der Waals surface area contributed by atoms with Crippen LogP contribution in [-0.4, -0.2) is 11.5 Å². The number of azo groups is 1. The van der Waals surface area contributed by atoms with Crippen LogP contribution in [0.5, 0.6) is 0 Å². The maximum atomic E-state index is 10.8. The topological polar surface area (TPSA) is 86.4 Å². The lowest BCUT2D eigenvalue weighted by molar-refractivity contribution is -0.384. The molecule has 0 spiro atoms. The second-order valence-electron chi connectivity index (χ2n) is 6.29. The van der Waals surface area contributed by atoms with Gasteiger partial charge in [-0.05, 0) is 54.6 Å². The van der Waals surface area contributed by atoms with Crippen molar-refractivity contribution < 1.29 is 4.92 Å². The number of non-ortho nitro benzene ring substituents is 1. The molecular formula is C21H18N6O2. The average Bonchev–Trinajstić information content (AvgIpc) is 2.79. The standard InChI is InChI=1S/C21H18N6O2/c28-27(29)21-13-11-20(12-14-21)26-16-4-15-25(24-26)19-9-7-18(8-10-19)23-22-17-5-2-1-3-6-17/h1-15,24H,16H2/b23-22+. The Bertz CT molecular complexity index is 1030. The Morgan fingerprint density at radius 3 is 2.10 bits per heavy atom. The minimum atomic E-state index is -0.406. The highest BCUT2D eigenvalue weighted by Gasteiger charge is 2.15. The summed E-state index contributed by atoms with van der Waals surface area (Å²) in [6.45, 7) is 0.637. The first kappa shape index (κ1) is 18.3. The summed E-state index contributed by atoms with van der Waals surface area (Å²) in [5.41, 5.74) is 6.65. The van der Waals surface area contributed by atoms with Gasteiger partial charge in [0.2, 0.25) is 0 Å². The number of nitro benzene ring substituents is 1. The second-order valence-corrected chi connectivity index (χ2v) is 6.29. The van der Waals surface area contributed by atoms with Crippen molar-refractivity contribution in [2.75, 3.05) is 16.6 Å². The third-order valence-electron chi connectivity index (χ3n) is 4.31. The zero-order chi connectivity index (χ0) is 20.1. The van der Waals surface area contributed by atoms with Crippen molar-refractivity contribution in [3.63, 3.8) is 0 Å². The van der Waals surface area contributed by atoms with Crippen molar-refractivity contribution in [1.29, 1.82) is 0 Å². The van der Waals surface area contributed by atoms with Crippen LogP contribution in [0.25, 0.3) is 0 Å². The predicted molar refractivity (Wildman–Crippen MR) is 112 cm³/mol. The molecule has 8 heteroatoms. The number of anilines is 2. The van der Waals surface area contributed by atoms with E-state index >= 15 is 0 Å². The number of nitrogens with zero attached hydrogens (tertiary/aromatic N) is 5. The van der Waals surface area contributed by atoms with Crippen molar-refractivity contribution in [3.8, 4) is 0 Å². The van der Waals surface area contributed by atoms with Gasteiger partial charge in [0.05, 0.1) is 34.2 Å². The highest BCUT2D eigenvalue weighted by atomic mass is 16.6. The van der Waals surface area contributed by atoms with Crippen LogP contribution >= 0.6 is 0 Å². The van der Waals surface area contributed by atoms with Crippen LogP contribution in [0.2, 0.25) is 0 Å². The molecule has 8 nitrogen and oxygen atoms in total. The van der Waals surface area contributed by atoms with Crippen molar-refractivity contribution in [1.82, 2.24) is 5.53 Å². The number of hydrogen-bond donors (Lipinski definition) is 1. The van der Waals surface area contributed by atoms with E-state index in [9.17, 15) is 10.1 Å². The first-order chi connectivity index (χ1) is 14.2. The molecule has 0 fully saturated rings. The predicted octanol–water partition coefficient (Wildman–Crippen LogP) is 5.27. The van der Waals surface area contributed by atoms with Gasteiger partial charge in [-0.3, -0.25) is 20.1 Å². The van der Waals surface area contributed by atoms with E-state index in [1.165, 1.54) is 12.1 Å². The molecule has 0 aromatic heterocycles. The maximum absolute atomic E-state index is 10.8. The summed E-state index contributed by atoms with van der Waals surface area (Å²) in [7, 11) is 0. The zero-order valence-corrected chi connectivity index (χ0v) is 15.4. The van der Waals surface area contributed by atoms with E-state index in [0.29, 0.717) is 6.54 Å². The molecular weight excluding hydrogens is 368 g/mol. The molecule has 0 saturated heterocycles. The van der Waals surface area contributed by atoms with Gasteiger partial charge < -0.3 is 0 Å². The number of rotatable bonds is 5. The third-order valence-corrected chi connectivity index (χ3v) is 4.31. The van der Waals surface area contributed by atoms with Crippen LogP contribution < -0.4 is 15.6 Å². The van der Waals surface area contributed by atoms with Gasteiger partial charge in [-0.15, -0.1) is 5.53 Å². The maximum Gasteiger partial charge on any atom is 0.269 e. The van der Waals surface area contributed by atoms with E-state index in [1.807, 2.05) is 76.9 Å². The normalized spacial score (nSPS) is 13.8. The first-order valence-corrected chi connectivity index (χ1v) is 9.00. The Morgan fingerprint density at radius 2 is 1.45 bits per heavy atom. The van der Waals surface area contributed by atoms with Gasteiger partial charge in [0.15, 0.2) is 0 Å². The summed E-state index contributed by atoms with van der Waals surface area (Å²) in [5, 5.41) is 23.0. The molecule has 0 unspecified atom stereocenters. The van der Waals surface area contributed by atoms with Gasteiger partial charge in [-0.25, -0.2) is 0 Å². The average molecular weight is 386 g/mol. The SMILES string of the molecule is O=[N+]([O-])c1ccc(N2CC=CN(c3ccc(/N=N/c4ccccc4)cc3)N2)cc1. The van der Waals surface area contributed by atoms with Crippen molar-refractivity contribution in [3.05, 3.63) is 101 Å². The summed E-state index contributed by atoms with van der Waals surface area (Å²) >= 11 is 0. The number of nitrogens with one attached hydrogen (secondary N) is 1. The van der Waals surface area contributed by atoms with E-state index in [2.05, 4.69) is 15.8 Å². The van der Waals surface area contributed by atoms with E-state index < -0.39 is 4.92 Å². The van der Waals surface area contributed by atoms with Gasteiger partial charge in [-0.1, -0.05) is 18.2 Å². The molecule has 1 N–H and O–H groups in total. The minimum Gasteiger partial charge on any atom is -0.287 e. The Morgan fingerprint density at radius 1 is 0.828 bits per heavy atom. The molecule has 0 radical (unpaired) electrons. The van der Waals surface area contributed by atoms with Gasteiger partial charge in [0, 0.05) is 18.3 Å². The fourth-order valence-electron chi connectivity index (χ4n) is 2.81. The van der Waals surface area contributed by atoms with Gasteiger partial charge in [-0.2, -0.15) is 10.2 Å². The quantitative estimate of drug-likeness (QED) is 0.367. The third kappa shape index (κ3) is 4.45. The lowest BCUT2D eigenvalue weighted by atomic mass is 10.2. The molecule has 0 aliphatic carbocycles. The van der Waals surface area contributed by atoms with Crippen molar-refractivity contribution in [2.45, 2.75) is 0 Å². The number of benzene rings is 3. The van der Waals surface area contributed by atoms with Crippen LogP contribution in [-0.2, 0) is 0 Å². The lowest BCUT2D eigenvalue weighted by Gasteiger charge is -2.34. The van der Waals surface area contributed by atoms with Gasteiger partial charge in [0.25, 0.3) is 5.69 Å². The summed E-state index contributed by atoms with van der Waals surface area (Å²) in [6.07, 6.45) is 3.93. The Labute approximate surface area is 167 Å². The molecule has 0 saturated carbocycles. The lowest BCUT2D eigenvalue weighted by Crippen LogP contribution is -2.50. The monoisotopic (exact) mass is 386 g/mol. The van der Waals surface area contributed by atoms with Gasteiger partial charge in [0.1, 0.15) is 0 Å². The van der Waals surface area contributed by atoms with E-state index in [0.717, 1.165) is 22.7 Å². The number of nitro groups is 1. The summed E-state index contributed by atoms with van der Waals surface area (Å²) in [4.78, 5) is 10.4. The molecule has 1 heterocycles. The van der Waals surface area contributed by atoms with Crippen LogP contribution in [0, 0.1) is 10.1 Å². The van der Waals surface area contributed by atoms with Crippen LogP contribution in [0.1, 0.15) is 0 Å². The zero-order valence-electron chi connectivity index (χ0n) is 15.4. The van der Waals surface area contributed by atoms with Crippen molar-refractivity contribution >= 4 is 28.4 Å². The molecule has 1 aliphatic rings. The second kappa shape index (κ2) is 8.32. The van der Waals surface area contributed by atoms with Crippen LogP contribution in [0.15, 0.2) is 101 Å².